The van der Waals surface area contributed by atoms with Crippen molar-refractivity contribution in [1.82, 2.24) is 5.32 Å². The van der Waals surface area contributed by atoms with E-state index >= 15 is 0 Å². The first kappa shape index (κ1) is 12.3. The summed E-state index contributed by atoms with van der Waals surface area (Å²) in [6, 6.07) is 0.325. The number of hydrogen-bond donors (Lipinski definition) is 1. The Morgan fingerprint density at radius 1 is 1.44 bits per heavy atom. The van der Waals surface area contributed by atoms with Gasteiger partial charge in [0.25, 0.3) is 0 Å². The molecule has 0 bridgehead atoms. The quantitative estimate of drug-likeness (QED) is 0.775. The highest BCUT2D eigenvalue weighted by Gasteiger charge is 2.38. The zero-order valence-corrected chi connectivity index (χ0v) is 10.8. The minimum absolute atomic E-state index is 0.0104. The zero-order chi connectivity index (χ0) is 11.8. The second-order valence-electron chi connectivity index (χ2n) is 5.37. The average molecular weight is 247 g/mol. The van der Waals surface area contributed by atoms with Crippen LogP contribution in [0.25, 0.3) is 0 Å². The topological polar surface area (TPSA) is 55.4 Å². The molecule has 0 radical (unpaired) electrons. The lowest BCUT2D eigenvalue weighted by Crippen LogP contribution is -2.59. The zero-order valence-electron chi connectivity index (χ0n) is 9.98. The Balaban J connectivity index is 1.96. The van der Waals surface area contributed by atoms with Crippen molar-refractivity contribution < 1.29 is 13.2 Å². The minimum Gasteiger partial charge on any atom is -0.375 e. The van der Waals surface area contributed by atoms with Crippen molar-refractivity contribution in [3.8, 4) is 0 Å². The standard InChI is InChI=1S/C11H21NO3S/c1-8(2)5-9-6-15-11-3-4-16(13,14)7-10(11)12-9/h8-12H,3-7H2,1-2H3. The van der Waals surface area contributed by atoms with Crippen molar-refractivity contribution in [2.24, 2.45) is 5.92 Å². The highest BCUT2D eigenvalue weighted by molar-refractivity contribution is 7.91. The maximum atomic E-state index is 11.5. The predicted molar refractivity (Wildman–Crippen MR) is 63.2 cm³/mol. The van der Waals surface area contributed by atoms with Crippen molar-refractivity contribution in [2.75, 3.05) is 18.1 Å². The third-order valence-corrected chi connectivity index (χ3v) is 5.04. The highest BCUT2D eigenvalue weighted by Crippen LogP contribution is 2.22. The molecule has 3 atom stereocenters. The van der Waals surface area contributed by atoms with Gasteiger partial charge in [-0.3, -0.25) is 0 Å². The molecule has 0 amide bonds. The van der Waals surface area contributed by atoms with Crippen LogP contribution < -0.4 is 5.32 Å². The van der Waals surface area contributed by atoms with Crippen molar-refractivity contribution in [3.05, 3.63) is 0 Å². The van der Waals surface area contributed by atoms with E-state index in [1.807, 2.05) is 0 Å². The maximum Gasteiger partial charge on any atom is 0.152 e. The van der Waals surface area contributed by atoms with Gasteiger partial charge in [0.2, 0.25) is 0 Å². The Kier molecular flexibility index (Phi) is 3.56. The molecule has 2 heterocycles. The van der Waals surface area contributed by atoms with Crippen LogP contribution in [0.2, 0.25) is 0 Å². The monoisotopic (exact) mass is 247 g/mol. The molecule has 16 heavy (non-hydrogen) atoms. The number of rotatable bonds is 2. The molecule has 0 spiro atoms. The summed E-state index contributed by atoms with van der Waals surface area (Å²) in [4.78, 5) is 0. The number of fused-ring (bicyclic) bond motifs is 1. The third-order valence-electron chi connectivity index (χ3n) is 3.31. The van der Waals surface area contributed by atoms with Gasteiger partial charge in [0, 0.05) is 12.1 Å². The van der Waals surface area contributed by atoms with E-state index in [0.717, 1.165) is 13.0 Å². The maximum absolute atomic E-state index is 11.5. The minimum atomic E-state index is -2.85. The van der Waals surface area contributed by atoms with Crippen LogP contribution in [0.4, 0.5) is 0 Å². The Morgan fingerprint density at radius 3 is 2.88 bits per heavy atom. The molecule has 2 rings (SSSR count). The lowest BCUT2D eigenvalue weighted by molar-refractivity contribution is -0.0292. The fourth-order valence-corrected chi connectivity index (χ4v) is 4.23. The van der Waals surface area contributed by atoms with Crippen LogP contribution in [0, 0.1) is 5.92 Å². The largest absolute Gasteiger partial charge is 0.375 e. The van der Waals surface area contributed by atoms with Crippen LogP contribution in [0.15, 0.2) is 0 Å². The number of nitrogens with one attached hydrogen (secondary N) is 1. The molecular weight excluding hydrogens is 226 g/mol. The van der Waals surface area contributed by atoms with Gasteiger partial charge in [-0.05, 0) is 18.8 Å². The number of hydrogen-bond acceptors (Lipinski definition) is 4. The van der Waals surface area contributed by atoms with Crippen LogP contribution in [-0.4, -0.2) is 44.7 Å². The third kappa shape index (κ3) is 2.96. The second-order valence-corrected chi connectivity index (χ2v) is 7.60. The fourth-order valence-electron chi connectivity index (χ4n) is 2.61. The molecule has 4 nitrogen and oxygen atoms in total. The van der Waals surface area contributed by atoms with Gasteiger partial charge in [-0.2, -0.15) is 0 Å². The van der Waals surface area contributed by atoms with Gasteiger partial charge in [0.05, 0.1) is 24.2 Å². The second kappa shape index (κ2) is 4.63. The van der Waals surface area contributed by atoms with Crippen molar-refractivity contribution in [2.45, 2.75) is 44.9 Å². The molecule has 2 saturated heterocycles. The smallest absolute Gasteiger partial charge is 0.152 e. The molecule has 0 saturated carbocycles. The summed E-state index contributed by atoms with van der Waals surface area (Å²) in [6.45, 7) is 5.07. The molecular formula is C11H21NO3S. The van der Waals surface area contributed by atoms with E-state index in [-0.39, 0.29) is 23.7 Å². The van der Waals surface area contributed by atoms with Crippen LogP contribution >= 0.6 is 0 Å². The molecule has 0 aromatic rings. The average Bonchev–Trinajstić information content (AvgIpc) is 2.14. The first-order valence-electron chi connectivity index (χ1n) is 6.04. The number of morpholine rings is 1. The summed E-state index contributed by atoms with van der Waals surface area (Å²) < 4.78 is 28.8. The van der Waals surface area contributed by atoms with Gasteiger partial charge < -0.3 is 10.1 Å². The number of ether oxygens (including phenoxy) is 1. The molecule has 94 valence electrons. The molecule has 1 N–H and O–H groups in total. The van der Waals surface area contributed by atoms with Crippen molar-refractivity contribution in [1.29, 1.82) is 0 Å². The summed E-state index contributed by atoms with van der Waals surface area (Å²) in [5.41, 5.74) is 0. The van der Waals surface area contributed by atoms with Crippen LogP contribution in [0.1, 0.15) is 26.7 Å². The molecule has 0 aliphatic carbocycles. The van der Waals surface area contributed by atoms with E-state index in [9.17, 15) is 8.42 Å². The van der Waals surface area contributed by atoms with Crippen LogP contribution in [-0.2, 0) is 14.6 Å². The van der Waals surface area contributed by atoms with Crippen molar-refractivity contribution in [3.63, 3.8) is 0 Å². The highest BCUT2D eigenvalue weighted by atomic mass is 32.2. The van der Waals surface area contributed by atoms with E-state index in [1.54, 1.807) is 0 Å². The first-order chi connectivity index (χ1) is 7.46. The Labute approximate surface area is 97.7 Å². The Hall–Kier alpha value is -0.130. The van der Waals surface area contributed by atoms with Crippen molar-refractivity contribution >= 4 is 9.84 Å². The fraction of sp³-hybridized carbons (Fsp3) is 1.00. The summed E-state index contributed by atoms with van der Waals surface area (Å²) in [5, 5.41) is 3.44. The van der Waals surface area contributed by atoms with E-state index in [1.165, 1.54) is 0 Å². The first-order valence-corrected chi connectivity index (χ1v) is 7.86. The Bertz CT molecular complexity index is 339. The van der Waals surface area contributed by atoms with Gasteiger partial charge in [0.1, 0.15) is 0 Å². The van der Waals surface area contributed by atoms with Gasteiger partial charge in [0.15, 0.2) is 9.84 Å². The van der Waals surface area contributed by atoms with E-state index < -0.39 is 9.84 Å². The van der Waals surface area contributed by atoms with Gasteiger partial charge in [-0.15, -0.1) is 0 Å². The van der Waals surface area contributed by atoms with E-state index in [0.29, 0.717) is 18.4 Å². The summed E-state index contributed by atoms with van der Waals surface area (Å²) in [5.74, 6) is 1.13. The molecule has 2 aliphatic rings. The lowest BCUT2D eigenvalue weighted by Gasteiger charge is -2.40. The molecule has 0 aromatic heterocycles. The van der Waals surface area contributed by atoms with Gasteiger partial charge in [-0.1, -0.05) is 13.8 Å². The van der Waals surface area contributed by atoms with Gasteiger partial charge in [-0.25, -0.2) is 8.42 Å². The van der Waals surface area contributed by atoms with Crippen LogP contribution in [0.3, 0.4) is 0 Å². The Morgan fingerprint density at radius 2 is 2.19 bits per heavy atom. The molecule has 0 aromatic carbocycles. The summed E-state index contributed by atoms with van der Waals surface area (Å²) in [6.07, 6.45) is 1.80. The molecule has 2 fully saturated rings. The number of sulfone groups is 1. The van der Waals surface area contributed by atoms with Crippen LogP contribution in [0.5, 0.6) is 0 Å². The SMILES string of the molecule is CC(C)CC1COC2CCS(=O)(=O)CC2N1. The molecule has 3 unspecified atom stereocenters. The lowest BCUT2D eigenvalue weighted by atomic mass is 9.99. The summed E-state index contributed by atoms with van der Waals surface area (Å²) in [7, 11) is -2.85. The summed E-state index contributed by atoms with van der Waals surface area (Å²) >= 11 is 0. The molecule has 5 heteroatoms. The van der Waals surface area contributed by atoms with Gasteiger partial charge >= 0.3 is 0 Å². The van der Waals surface area contributed by atoms with E-state index in [4.69, 9.17) is 4.74 Å². The predicted octanol–water partition coefficient (Wildman–Crippen LogP) is 0.577. The van der Waals surface area contributed by atoms with E-state index in [2.05, 4.69) is 19.2 Å². The molecule has 2 aliphatic heterocycles. The normalized spacial score (nSPS) is 38.3.